The molecule has 1 aromatic rings. The Bertz CT molecular complexity index is 562. The van der Waals surface area contributed by atoms with Crippen molar-refractivity contribution in [3.8, 4) is 0 Å². The van der Waals surface area contributed by atoms with Crippen LogP contribution in [-0.4, -0.2) is 29.0 Å². The lowest BCUT2D eigenvalue weighted by Crippen LogP contribution is -2.58. The number of aromatic nitrogens is 1. The fourth-order valence-corrected chi connectivity index (χ4v) is 3.56. The maximum Gasteiger partial charge on any atom is 0.321 e. The molecule has 1 heterocycles. The lowest BCUT2D eigenvalue weighted by molar-refractivity contribution is -0.127. The Labute approximate surface area is 134 Å². The molecule has 7 heteroatoms. The van der Waals surface area contributed by atoms with Crippen LogP contribution in [0, 0.1) is 12.8 Å². The van der Waals surface area contributed by atoms with E-state index in [4.69, 9.17) is 0 Å². The molecule has 2 aliphatic rings. The largest absolute Gasteiger partial charge is 0.354 e. The Kier molecular flexibility index (Phi) is 4.33. The molecule has 120 valence electrons. The van der Waals surface area contributed by atoms with Gasteiger partial charge in [0.1, 0.15) is 5.54 Å². The normalized spacial score (nSPS) is 19.7. The molecule has 0 bridgehead atoms. The minimum absolute atomic E-state index is 0.0395. The van der Waals surface area contributed by atoms with Crippen molar-refractivity contribution in [2.75, 3.05) is 11.9 Å². The maximum absolute atomic E-state index is 12.5. The number of rotatable bonds is 5. The van der Waals surface area contributed by atoms with Crippen LogP contribution in [0.5, 0.6) is 0 Å². The molecule has 0 atom stereocenters. The standard InChI is InChI=1S/C15H22N4O2S/c1-10-9-22-14(17-10)18-13(21)19-15(6-2-3-7-15)12(20)16-8-11-4-5-11/h9,11H,2-8H2,1H3,(H,16,20)(H2,17,18,19,21). The highest BCUT2D eigenvalue weighted by atomic mass is 32.1. The van der Waals surface area contributed by atoms with E-state index < -0.39 is 5.54 Å². The van der Waals surface area contributed by atoms with Crippen LogP contribution in [0.1, 0.15) is 44.2 Å². The van der Waals surface area contributed by atoms with E-state index in [1.165, 1.54) is 24.2 Å². The second kappa shape index (κ2) is 6.24. The van der Waals surface area contributed by atoms with Crippen molar-refractivity contribution in [1.82, 2.24) is 15.6 Å². The molecular weight excluding hydrogens is 300 g/mol. The molecule has 3 rings (SSSR count). The van der Waals surface area contributed by atoms with Gasteiger partial charge in [-0.25, -0.2) is 9.78 Å². The average Bonchev–Trinajstić information content (AvgIpc) is 3.05. The van der Waals surface area contributed by atoms with E-state index in [9.17, 15) is 9.59 Å². The Hall–Kier alpha value is -1.63. The third-order valence-corrected chi connectivity index (χ3v) is 5.21. The van der Waals surface area contributed by atoms with Gasteiger partial charge in [-0.2, -0.15) is 0 Å². The second-order valence-electron chi connectivity index (χ2n) is 6.32. The Morgan fingerprint density at radius 1 is 1.36 bits per heavy atom. The molecule has 1 aromatic heterocycles. The van der Waals surface area contributed by atoms with Crippen molar-refractivity contribution in [3.63, 3.8) is 0 Å². The van der Waals surface area contributed by atoms with Gasteiger partial charge < -0.3 is 10.6 Å². The van der Waals surface area contributed by atoms with Crippen molar-refractivity contribution in [1.29, 1.82) is 0 Å². The summed E-state index contributed by atoms with van der Waals surface area (Å²) in [5, 5.41) is 11.1. The number of urea groups is 1. The fourth-order valence-electron chi connectivity index (χ4n) is 2.87. The van der Waals surface area contributed by atoms with Gasteiger partial charge >= 0.3 is 6.03 Å². The number of aryl methyl sites for hydroxylation is 1. The molecule has 0 spiro atoms. The van der Waals surface area contributed by atoms with Crippen LogP contribution in [0.15, 0.2) is 5.38 Å². The highest BCUT2D eigenvalue weighted by Crippen LogP contribution is 2.31. The Balaban J connectivity index is 1.59. The molecule has 0 aromatic carbocycles. The van der Waals surface area contributed by atoms with Crippen LogP contribution >= 0.6 is 11.3 Å². The molecule has 22 heavy (non-hydrogen) atoms. The van der Waals surface area contributed by atoms with Crippen LogP contribution < -0.4 is 16.0 Å². The fraction of sp³-hybridized carbons (Fsp3) is 0.667. The molecule has 2 saturated carbocycles. The Morgan fingerprint density at radius 2 is 2.09 bits per heavy atom. The van der Waals surface area contributed by atoms with E-state index in [1.807, 2.05) is 12.3 Å². The number of anilines is 1. The van der Waals surface area contributed by atoms with Gasteiger partial charge in [0, 0.05) is 11.9 Å². The first-order valence-electron chi connectivity index (χ1n) is 7.87. The number of thiazole rings is 1. The second-order valence-corrected chi connectivity index (χ2v) is 7.17. The highest BCUT2D eigenvalue weighted by Gasteiger charge is 2.42. The summed E-state index contributed by atoms with van der Waals surface area (Å²) in [6, 6.07) is -0.349. The average molecular weight is 322 g/mol. The number of nitrogens with one attached hydrogen (secondary N) is 3. The van der Waals surface area contributed by atoms with Crippen molar-refractivity contribution >= 4 is 28.4 Å². The topological polar surface area (TPSA) is 83.1 Å². The van der Waals surface area contributed by atoms with Crippen LogP contribution in [0.2, 0.25) is 0 Å². The van der Waals surface area contributed by atoms with E-state index >= 15 is 0 Å². The van der Waals surface area contributed by atoms with Gasteiger partial charge in [0.15, 0.2) is 5.13 Å². The molecule has 0 aliphatic heterocycles. The summed E-state index contributed by atoms with van der Waals surface area (Å²) < 4.78 is 0. The zero-order valence-electron chi connectivity index (χ0n) is 12.8. The first-order chi connectivity index (χ1) is 10.6. The zero-order valence-corrected chi connectivity index (χ0v) is 13.6. The first-order valence-corrected chi connectivity index (χ1v) is 8.75. The third-order valence-electron chi connectivity index (χ3n) is 4.33. The predicted molar refractivity (Wildman–Crippen MR) is 85.9 cm³/mol. The summed E-state index contributed by atoms with van der Waals surface area (Å²) in [7, 11) is 0. The van der Waals surface area contributed by atoms with Crippen LogP contribution in [0.4, 0.5) is 9.93 Å². The van der Waals surface area contributed by atoms with E-state index in [2.05, 4.69) is 20.9 Å². The molecule has 2 aliphatic carbocycles. The van der Waals surface area contributed by atoms with Gasteiger partial charge in [-0.15, -0.1) is 11.3 Å². The van der Waals surface area contributed by atoms with E-state index in [1.54, 1.807) is 0 Å². The summed E-state index contributed by atoms with van der Waals surface area (Å²) in [5.74, 6) is 0.594. The SMILES string of the molecule is Cc1csc(NC(=O)NC2(C(=O)NCC3CC3)CCCC2)n1. The molecule has 2 fully saturated rings. The summed E-state index contributed by atoms with van der Waals surface area (Å²) in [6.07, 6.45) is 5.73. The monoisotopic (exact) mass is 322 g/mol. The number of amides is 3. The number of hydrogen-bond acceptors (Lipinski definition) is 4. The smallest absolute Gasteiger partial charge is 0.321 e. The van der Waals surface area contributed by atoms with Crippen LogP contribution in [0.25, 0.3) is 0 Å². The van der Waals surface area contributed by atoms with Crippen LogP contribution in [-0.2, 0) is 4.79 Å². The van der Waals surface area contributed by atoms with Gasteiger partial charge in [0.25, 0.3) is 0 Å². The number of hydrogen-bond donors (Lipinski definition) is 3. The maximum atomic E-state index is 12.5. The van der Waals surface area contributed by atoms with Crippen molar-refractivity contribution in [3.05, 3.63) is 11.1 Å². The lowest BCUT2D eigenvalue weighted by atomic mass is 9.96. The molecular formula is C15H22N4O2S. The van der Waals surface area contributed by atoms with E-state index in [0.29, 0.717) is 23.9 Å². The van der Waals surface area contributed by atoms with Gasteiger partial charge in [-0.3, -0.25) is 10.1 Å². The minimum Gasteiger partial charge on any atom is -0.354 e. The van der Waals surface area contributed by atoms with E-state index in [0.717, 1.165) is 25.1 Å². The van der Waals surface area contributed by atoms with Crippen molar-refractivity contribution < 1.29 is 9.59 Å². The summed E-state index contributed by atoms with van der Waals surface area (Å²) in [6.45, 7) is 2.61. The van der Waals surface area contributed by atoms with Crippen LogP contribution in [0.3, 0.4) is 0 Å². The quantitative estimate of drug-likeness (QED) is 0.778. The molecule has 0 radical (unpaired) electrons. The summed E-state index contributed by atoms with van der Waals surface area (Å²) in [4.78, 5) is 28.9. The highest BCUT2D eigenvalue weighted by molar-refractivity contribution is 7.13. The molecule has 3 N–H and O–H groups in total. The van der Waals surface area contributed by atoms with Crippen molar-refractivity contribution in [2.24, 2.45) is 5.92 Å². The minimum atomic E-state index is -0.759. The third kappa shape index (κ3) is 3.58. The van der Waals surface area contributed by atoms with Gasteiger partial charge in [0.2, 0.25) is 5.91 Å². The summed E-state index contributed by atoms with van der Waals surface area (Å²) in [5.41, 5.74) is 0.115. The first kappa shape index (κ1) is 15.3. The summed E-state index contributed by atoms with van der Waals surface area (Å²) >= 11 is 1.38. The predicted octanol–water partition coefficient (Wildman–Crippen LogP) is 2.41. The molecule has 0 saturated heterocycles. The van der Waals surface area contributed by atoms with Gasteiger partial charge in [-0.1, -0.05) is 12.8 Å². The Morgan fingerprint density at radius 3 is 2.68 bits per heavy atom. The van der Waals surface area contributed by atoms with Gasteiger partial charge in [-0.05, 0) is 38.5 Å². The molecule has 3 amide bonds. The molecule has 6 nitrogen and oxygen atoms in total. The number of carbonyl (C=O) groups excluding carboxylic acids is 2. The zero-order chi connectivity index (χ0) is 15.6. The van der Waals surface area contributed by atoms with Crippen molar-refractivity contribution in [2.45, 2.75) is 51.0 Å². The number of carbonyl (C=O) groups is 2. The number of nitrogens with zero attached hydrogens (tertiary/aromatic N) is 1. The van der Waals surface area contributed by atoms with Gasteiger partial charge in [0.05, 0.1) is 5.69 Å². The molecule has 0 unspecified atom stereocenters. The van der Waals surface area contributed by atoms with E-state index in [-0.39, 0.29) is 11.9 Å². The lowest BCUT2D eigenvalue weighted by Gasteiger charge is -2.28.